The predicted octanol–water partition coefficient (Wildman–Crippen LogP) is 1.80. The third kappa shape index (κ3) is 2.83. The third-order valence-corrected chi connectivity index (χ3v) is 5.31. The molecule has 0 aliphatic carbocycles. The van der Waals surface area contributed by atoms with Crippen molar-refractivity contribution in [2.45, 2.75) is 13.3 Å². The lowest BCUT2D eigenvalue weighted by molar-refractivity contribution is -0.117. The fourth-order valence-corrected chi connectivity index (χ4v) is 4.23. The van der Waals surface area contributed by atoms with E-state index >= 15 is 0 Å². The Bertz CT molecular complexity index is 860. The molecule has 1 amide bonds. The first-order chi connectivity index (χ1) is 10.2. The van der Waals surface area contributed by atoms with Crippen molar-refractivity contribution in [2.75, 3.05) is 17.2 Å². The van der Waals surface area contributed by atoms with Gasteiger partial charge in [0.1, 0.15) is 0 Å². The van der Waals surface area contributed by atoms with Gasteiger partial charge in [-0.2, -0.15) is 5.10 Å². The van der Waals surface area contributed by atoms with Gasteiger partial charge in [-0.15, -0.1) is 0 Å². The van der Waals surface area contributed by atoms with E-state index in [-0.39, 0.29) is 24.0 Å². The van der Waals surface area contributed by atoms with Gasteiger partial charge in [0.15, 0.2) is 0 Å². The van der Waals surface area contributed by atoms with Crippen molar-refractivity contribution in [3.8, 4) is 0 Å². The van der Waals surface area contributed by atoms with Crippen molar-refractivity contribution in [1.82, 2.24) is 9.78 Å². The second kappa shape index (κ2) is 5.24. The Morgan fingerprint density at radius 3 is 2.82 bits per heavy atom. The highest BCUT2D eigenvalue weighted by Gasteiger charge is 2.33. The average Bonchev–Trinajstić information content (AvgIpc) is 2.88. The van der Waals surface area contributed by atoms with Crippen LogP contribution < -0.4 is 4.90 Å². The molecule has 2 heterocycles. The van der Waals surface area contributed by atoms with Gasteiger partial charge in [0.05, 0.1) is 11.3 Å². The second-order valence-electron chi connectivity index (χ2n) is 5.69. The molecular formula is C14H16ClN3O3S. The summed E-state index contributed by atoms with van der Waals surface area (Å²) in [6.45, 7) is 2.35. The molecule has 6 nitrogen and oxygen atoms in total. The van der Waals surface area contributed by atoms with Gasteiger partial charge in [-0.05, 0) is 25.1 Å². The van der Waals surface area contributed by atoms with E-state index in [1.165, 1.54) is 0 Å². The first kappa shape index (κ1) is 15.3. The van der Waals surface area contributed by atoms with E-state index in [1.807, 2.05) is 32.2 Å². The molecule has 3 rings (SSSR count). The predicted molar refractivity (Wildman–Crippen MR) is 85.6 cm³/mol. The molecular weight excluding hydrogens is 326 g/mol. The number of anilines is 1. The number of rotatable bonds is 3. The quantitative estimate of drug-likeness (QED) is 0.798. The topological polar surface area (TPSA) is 72.3 Å². The molecule has 0 N–H and O–H groups in total. The molecule has 1 aliphatic rings. The summed E-state index contributed by atoms with van der Waals surface area (Å²) in [6, 6.07) is 5.66. The standard InChI is InChI=1S/C14H16ClN3O3S/c1-9-12-4-3-11(6-13(12)16-17(9)2)18-7-10(5-14(18)19)8-22(15,20)21/h3-4,6,10H,5,7-8H2,1-2H3. The Hall–Kier alpha value is -1.60. The highest BCUT2D eigenvalue weighted by molar-refractivity contribution is 8.13. The number of carbonyl (C=O) groups excluding carboxylic acids is 1. The van der Waals surface area contributed by atoms with Crippen LogP contribution in [0.3, 0.4) is 0 Å². The van der Waals surface area contributed by atoms with Gasteiger partial charge in [0.2, 0.25) is 15.0 Å². The number of fused-ring (bicyclic) bond motifs is 1. The minimum atomic E-state index is -3.60. The molecule has 0 radical (unpaired) electrons. The third-order valence-electron chi connectivity index (χ3n) is 4.07. The summed E-state index contributed by atoms with van der Waals surface area (Å²) in [6.07, 6.45) is 0.200. The Morgan fingerprint density at radius 2 is 2.14 bits per heavy atom. The molecule has 1 aromatic carbocycles. The van der Waals surface area contributed by atoms with Crippen molar-refractivity contribution in [2.24, 2.45) is 13.0 Å². The Balaban J connectivity index is 1.89. The van der Waals surface area contributed by atoms with Crippen LogP contribution in [0.15, 0.2) is 18.2 Å². The molecule has 118 valence electrons. The summed E-state index contributed by atoms with van der Waals surface area (Å²) in [5.74, 6) is -0.532. The molecule has 1 aromatic heterocycles. The average molecular weight is 342 g/mol. The Morgan fingerprint density at radius 1 is 1.41 bits per heavy atom. The molecule has 8 heteroatoms. The first-order valence-corrected chi connectivity index (χ1v) is 9.38. The molecule has 1 fully saturated rings. The summed E-state index contributed by atoms with van der Waals surface area (Å²) in [5, 5.41) is 5.45. The van der Waals surface area contributed by atoms with Crippen LogP contribution in [0.2, 0.25) is 0 Å². The fraction of sp³-hybridized carbons (Fsp3) is 0.429. The van der Waals surface area contributed by atoms with Crippen molar-refractivity contribution >= 4 is 42.2 Å². The zero-order valence-corrected chi connectivity index (χ0v) is 13.9. The van der Waals surface area contributed by atoms with Crippen molar-refractivity contribution in [3.63, 3.8) is 0 Å². The van der Waals surface area contributed by atoms with Gasteiger partial charge in [-0.25, -0.2) is 8.42 Å². The molecule has 0 bridgehead atoms. The van der Waals surface area contributed by atoms with Gasteiger partial charge < -0.3 is 4.90 Å². The lowest BCUT2D eigenvalue weighted by Crippen LogP contribution is -2.25. The van der Waals surface area contributed by atoms with Gasteiger partial charge in [-0.1, -0.05) is 0 Å². The van der Waals surface area contributed by atoms with Crippen LogP contribution in [-0.4, -0.2) is 36.4 Å². The number of hydrogen-bond acceptors (Lipinski definition) is 4. The van der Waals surface area contributed by atoms with E-state index in [0.29, 0.717) is 6.54 Å². The number of halogens is 1. The fourth-order valence-electron chi connectivity index (χ4n) is 2.91. The summed E-state index contributed by atoms with van der Waals surface area (Å²) < 4.78 is 24.1. The molecule has 0 spiro atoms. The van der Waals surface area contributed by atoms with E-state index in [1.54, 1.807) is 9.58 Å². The molecule has 1 atom stereocenters. The number of aryl methyl sites for hydroxylation is 2. The van der Waals surface area contributed by atoms with Crippen LogP contribution >= 0.6 is 10.7 Å². The highest BCUT2D eigenvalue weighted by atomic mass is 35.7. The van der Waals surface area contributed by atoms with Crippen LogP contribution in [0, 0.1) is 12.8 Å². The molecule has 1 saturated heterocycles. The minimum absolute atomic E-state index is 0.0858. The first-order valence-electron chi connectivity index (χ1n) is 6.90. The van der Waals surface area contributed by atoms with E-state index in [0.717, 1.165) is 22.3 Å². The summed E-state index contributed by atoms with van der Waals surface area (Å²) in [4.78, 5) is 13.7. The number of hydrogen-bond donors (Lipinski definition) is 0. The number of amides is 1. The van der Waals surface area contributed by atoms with Crippen LogP contribution in [0.25, 0.3) is 10.9 Å². The summed E-state index contributed by atoms with van der Waals surface area (Å²) >= 11 is 0. The number of nitrogens with zero attached hydrogens (tertiary/aromatic N) is 3. The maximum atomic E-state index is 12.1. The lowest BCUT2D eigenvalue weighted by Gasteiger charge is -2.16. The van der Waals surface area contributed by atoms with Gasteiger partial charge in [-0.3, -0.25) is 9.48 Å². The van der Waals surface area contributed by atoms with E-state index in [9.17, 15) is 13.2 Å². The number of carbonyl (C=O) groups is 1. The zero-order valence-electron chi connectivity index (χ0n) is 12.3. The monoisotopic (exact) mass is 341 g/mol. The SMILES string of the molecule is Cc1c2ccc(N3CC(CS(=O)(=O)Cl)CC3=O)cc2nn1C. The molecule has 1 aliphatic heterocycles. The zero-order chi connectivity index (χ0) is 16.1. The molecule has 1 unspecified atom stereocenters. The number of benzene rings is 1. The van der Waals surface area contributed by atoms with Crippen LogP contribution in [0.4, 0.5) is 5.69 Å². The Labute approximate surface area is 133 Å². The van der Waals surface area contributed by atoms with Gasteiger partial charge >= 0.3 is 0 Å². The van der Waals surface area contributed by atoms with Crippen molar-refractivity contribution in [1.29, 1.82) is 0 Å². The number of aromatic nitrogens is 2. The maximum Gasteiger partial charge on any atom is 0.232 e. The van der Waals surface area contributed by atoms with Crippen LogP contribution in [-0.2, 0) is 20.9 Å². The maximum absolute atomic E-state index is 12.1. The Kier molecular flexibility index (Phi) is 3.65. The second-order valence-corrected chi connectivity index (χ2v) is 8.51. The van der Waals surface area contributed by atoms with E-state index in [4.69, 9.17) is 10.7 Å². The highest BCUT2D eigenvalue weighted by Crippen LogP contribution is 2.29. The summed E-state index contributed by atoms with van der Waals surface area (Å²) in [7, 11) is 3.56. The largest absolute Gasteiger partial charge is 0.312 e. The summed E-state index contributed by atoms with van der Waals surface area (Å²) in [5.41, 5.74) is 2.61. The molecule has 2 aromatic rings. The minimum Gasteiger partial charge on any atom is -0.312 e. The normalized spacial score (nSPS) is 19.3. The van der Waals surface area contributed by atoms with Crippen molar-refractivity contribution < 1.29 is 13.2 Å². The smallest absolute Gasteiger partial charge is 0.232 e. The van der Waals surface area contributed by atoms with Crippen LogP contribution in [0.5, 0.6) is 0 Å². The molecule has 22 heavy (non-hydrogen) atoms. The van der Waals surface area contributed by atoms with E-state index < -0.39 is 9.05 Å². The van der Waals surface area contributed by atoms with Gasteiger partial charge in [0.25, 0.3) is 0 Å². The molecule has 0 saturated carbocycles. The van der Waals surface area contributed by atoms with E-state index in [2.05, 4.69) is 5.10 Å². The van der Waals surface area contributed by atoms with Crippen LogP contribution in [0.1, 0.15) is 12.1 Å². The van der Waals surface area contributed by atoms with Crippen molar-refractivity contribution in [3.05, 3.63) is 23.9 Å². The van der Waals surface area contributed by atoms with Gasteiger partial charge in [0, 0.05) is 53.4 Å². The lowest BCUT2D eigenvalue weighted by atomic mass is 10.1.